The van der Waals surface area contributed by atoms with E-state index >= 15 is 0 Å². The number of methoxy groups -OCH3 is 1. The van der Waals surface area contributed by atoms with Gasteiger partial charge in [0.05, 0.1) is 18.9 Å². The molecule has 5 atom stereocenters. The monoisotopic (exact) mass is 290 g/mol. The van der Waals surface area contributed by atoms with Crippen LogP contribution in [-0.2, 0) is 14.3 Å². The molecule has 2 bridgehead atoms. The van der Waals surface area contributed by atoms with Crippen LogP contribution in [0.5, 0.6) is 0 Å². The topological polar surface area (TPSA) is 81.4 Å². The van der Waals surface area contributed by atoms with E-state index in [1.54, 1.807) is 6.92 Å². The summed E-state index contributed by atoms with van der Waals surface area (Å²) in [5.41, 5.74) is 6.10. The summed E-state index contributed by atoms with van der Waals surface area (Å²) in [6.45, 7) is 2.07. The highest BCUT2D eigenvalue weighted by atomic mass is 35.5. The van der Waals surface area contributed by atoms with Crippen molar-refractivity contribution in [1.29, 1.82) is 0 Å². The summed E-state index contributed by atoms with van der Waals surface area (Å²) in [5.74, 6) is 0.294. The summed E-state index contributed by atoms with van der Waals surface area (Å²) in [6, 6.07) is -0.00261. The van der Waals surface area contributed by atoms with Crippen molar-refractivity contribution in [3.05, 3.63) is 0 Å². The lowest BCUT2D eigenvalue weighted by Gasteiger charge is -2.27. The van der Waals surface area contributed by atoms with Gasteiger partial charge >= 0.3 is 5.97 Å². The summed E-state index contributed by atoms with van der Waals surface area (Å²) < 4.78 is 4.63. The normalized spacial score (nSPS) is 33.4. The molecular formula is C13H23ClN2O3. The first-order valence-corrected chi connectivity index (χ1v) is 6.65. The van der Waals surface area contributed by atoms with Gasteiger partial charge in [-0.3, -0.25) is 9.59 Å². The number of esters is 1. The number of fused-ring (bicyclic) bond motifs is 2. The highest BCUT2D eigenvalue weighted by molar-refractivity contribution is 5.85. The molecule has 19 heavy (non-hydrogen) atoms. The molecule has 1 amide bonds. The molecule has 2 aliphatic carbocycles. The van der Waals surface area contributed by atoms with Gasteiger partial charge in [0.1, 0.15) is 0 Å². The van der Waals surface area contributed by atoms with Crippen LogP contribution in [0, 0.1) is 23.7 Å². The number of rotatable bonds is 4. The molecule has 2 aliphatic rings. The smallest absolute Gasteiger partial charge is 0.310 e. The van der Waals surface area contributed by atoms with Crippen molar-refractivity contribution < 1.29 is 14.3 Å². The summed E-state index contributed by atoms with van der Waals surface area (Å²) in [5, 5.41) is 2.84. The van der Waals surface area contributed by atoms with E-state index in [4.69, 9.17) is 5.73 Å². The van der Waals surface area contributed by atoms with Crippen LogP contribution in [0.4, 0.5) is 0 Å². The van der Waals surface area contributed by atoms with Crippen LogP contribution < -0.4 is 11.1 Å². The van der Waals surface area contributed by atoms with E-state index in [0.29, 0.717) is 18.4 Å². The van der Waals surface area contributed by atoms with Gasteiger partial charge in [0.2, 0.25) is 5.91 Å². The maximum Gasteiger partial charge on any atom is 0.310 e. The minimum atomic E-state index is -0.311. The van der Waals surface area contributed by atoms with Crippen LogP contribution in [0.3, 0.4) is 0 Å². The molecule has 5 nitrogen and oxygen atoms in total. The lowest BCUT2D eigenvalue weighted by atomic mass is 9.84. The number of halogens is 1. The Morgan fingerprint density at radius 1 is 1.37 bits per heavy atom. The van der Waals surface area contributed by atoms with Crippen molar-refractivity contribution in [2.45, 2.75) is 32.2 Å². The first-order chi connectivity index (χ1) is 8.54. The van der Waals surface area contributed by atoms with Gasteiger partial charge in [0.25, 0.3) is 0 Å². The second kappa shape index (κ2) is 6.57. The van der Waals surface area contributed by atoms with Crippen LogP contribution in [0.2, 0.25) is 0 Å². The zero-order valence-corrected chi connectivity index (χ0v) is 12.2. The molecule has 2 saturated carbocycles. The lowest BCUT2D eigenvalue weighted by Crippen LogP contribution is -2.46. The van der Waals surface area contributed by atoms with Crippen LogP contribution in [0.1, 0.15) is 26.2 Å². The van der Waals surface area contributed by atoms with E-state index in [0.717, 1.165) is 19.3 Å². The highest BCUT2D eigenvalue weighted by Gasteiger charge is 2.48. The van der Waals surface area contributed by atoms with Crippen molar-refractivity contribution in [2.75, 3.05) is 13.7 Å². The van der Waals surface area contributed by atoms with Crippen LogP contribution >= 0.6 is 12.4 Å². The lowest BCUT2D eigenvalue weighted by molar-refractivity contribution is -0.144. The quantitative estimate of drug-likeness (QED) is 0.747. The Bertz CT molecular complexity index is 349. The van der Waals surface area contributed by atoms with E-state index in [2.05, 4.69) is 10.1 Å². The highest BCUT2D eigenvalue weighted by Crippen LogP contribution is 2.47. The van der Waals surface area contributed by atoms with E-state index in [1.807, 2.05) is 0 Å². The molecular weight excluding hydrogens is 268 g/mol. The molecule has 0 aromatic heterocycles. The maximum atomic E-state index is 12.1. The number of carbonyl (C=O) groups excluding carboxylic acids is 2. The summed E-state index contributed by atoms with van der Waals surface area (Å²) >= 11 is 0. The van der Waals surface area contributed by atoms with E-state index in [-0.39, 0.29) is 42.2 Å². The standard InChI is InChI=1S/C13H22N2O3.ClH/c1-7(13(17)18-2)6-15-12(16)10-8-3-4-9(5-8)11(10)14;/h7-11H,3-6,14H2,1-2H3,(H,15,16);1H. The molecule has 0 aromatic rings. The van der Waals surface area contributed by atoms with Gasteiger partial charge in [0, 0.05) is 12.6 Å². The minimum absolute atomic E-state index is 0. The molecule has 2 rings (SSSR count). The van der Waals surface area contributed by atoms with Gasteiger partial charge in [-0.2, -0.15) is 0 Å². The first kappa shape index (κ1) is 16.2. The largest absolute Gasteiger partial charge is 0.469 e. The number of hydrogen-bond acceptors (Lipinski definition) is 4. The van der Waals surface area contributed by atoms with Gasteiger partial charge in [-0.25, -0.2) is 0 Å². The fraction of sp³-hybridized carbons (Fsp3) is 0.846. The SMILES string of the molecule is COC(=O)C(C)CNC(=O)C1C2CCC(C2)C1N.Cl. The van der Waals surface area contributed by atoms with E-state index in [1.165, 1.54) is 7.11 Å². The molecule has 0 aromatic carbocycles. The third-order valence-electron chi connectivity index (χ3n) is 4.47. The number of nitrogens with two attached hydrogens (primary N) is 1. The van der Waals surface area contributed by atoms with Gasteiger partial charge < -0.3 is 15.8 Å². The average molecular weight is 291 g/mol. The number of nitrogens with one attached hydrogen (secondary N) is 1. The predicted octanol–water partition coefficient (Wildman–Crippen LogP) is 0.707. The van der Waals surface area contributed by atoms with Gasteiger partial charge in [-0.05, 0) is 31.1 Å². The number of hydrogen-bond donors (Lipinski definition) is 2. The third-order valence-corrected chi connectivity index (χ3v) is 4.47. The molecule has 6 heteroatoms. The predicted molar refractivity (Wildman–Crippen MR) is 73.7 cm³/mol. The van der Waals surface area contributed by atoms with E-state index < -0.39 is 0 Å². The van der Waals surface area contributed by atoms with Crippen LogP contribution in [-0.4, -0.2) is 31.6 Å². The Kier molecular flexibility index (Phi) is 5.62. The number of ether oxygens (including phenoxy) is 1. The molecule has 0 radical (unpaired) electrons. The summed E-state index contributed by atoms with van der Waals surface area (Å²) in [6.07, 6.45) is 3.36. The Hall–Kier alpha value is -0.810. The zero-order chi connectivity index (χ0) is 13.3. The van der Waals surface area contributed by atoms with Crippen molar-refractivity contribution in [3.8, 4) is 0 Å². The Morgan fingerprint density at radius 2 is 2.00 bits per heavy atom. The second-order valence-electron chi connectivity index (χ2n) is 5.61. The fourth-order valence-corrected chi connectivity index (χ4v) is 3.38. The number of carbonyl (C=O) groups is 2. The Labute approximate surface area is 120 Å². The Morgan fingerprint density at radius 3 is 2.53 bits per heavy atom. The zero-order valence-electron chi connectivity index (χ0n) is 11.4. The molecule has 3 N–H and O–H groups in total. The van der Waals surface area contributed by atoms with Crippen molar-refractivity contribution in [2.24, 2.45) is 29.4 Å². The van der Waals surface area contributed by atoms with Crippen molar-refractivity contribution in [3.63, 3.8) is 0 Å². The van der Waals surface area contributed by atoms with Gasteiger partial charge in [-0.15, -0.1) is 12.4 Å². The van der Waals surface area contributed by atoms with Crippen LogP contribution in [0.25, 0.3) is 0 Å². The Balaban J connectivity index is 0.00000180. The molecule has 0 aliphatic heterocycles. The molecule has 0 heterocycles. The second-order valence-corrected chi connectivity index (χ2v) is 5.61. The first-order valence-electron chi connectivity index (χ1n) is 6.65. The van der Waals surface area contributed by atoms with Gasteiger partial charge in [-0.1, -0.05) is 6.92 Å². The molecule has 2 fully saturated rings. The fourth-order valence-electron chi connectivity index (χ4n) is 3.38. The minimum Gasteiger partial charge on any atom is -0.469 e. The molecule has 0 spiro atoms. The van der Waals surface area contributed by atoms with Gasteiger partial charge in [0.15, 0.2) is 0 Å². The summed E-state index contributed by atoms with van der Waals surface area (Å²) in [4.78, 5) is 23.4. The summed E-state index contributed by atoms with van der Waals surface area (Å²) in [7, 11) is 1.35. The molecule has 5 unspecified atom stereocenters. The van der Waals surface area contributed by atoms with Crippen LogP contribution in [0.15, 0.2) is 0 Å². The maximum absolute atomic E-state index is 12.1. The molecule has 0 saturated heterocycles. The number of amides is 1. The molecule has 110 valence electrons. The van der Waals surface area contributed by atoms with Crippen molar-refractivity contribution >= 4 is 24.3 Å². The third kappa shape index (κ3) is 3.20. The van der Waals surface area contributed by atoms with E-state index in [9.17, 15) is 9.59 Å². The van der Waals surface area contributed by atoms with Crippen molar-refractivity contribution in [1.82, 2.24) is 5.32 Å². The average Bonchev–Trinajstić information content (AvgIpc) is 2.95.